The minimum absolute atomic E-state index is 0.188. The number of fused-ring (bicyclic) bond motifs is 1. The van der Waals surface area contributed by atoms with E-state index in [1.165, 1.54) is 22.4 Å². The first kappa shape index (κ1) is 18.1. The molecule has 1 aliphatic heterocycles. The molecule has 1 fully saturated rings. The van der Waals surface area contributed by atoms with E-state index in [0.29, 0.717) is 11.7 Å². The third kappa shape index (κ3) is 3.47. The van der Waals surface area contributed by atoms with Crippen molar-refractivity contribution in [3.8, 4) is 5.75 Å². The number of carbonyl (C=O) groups excluding carboxylic acids is 1. The van der Waals surface area contributed by atoms with Gasteiger partial charge in [-0.25, -0.2) is 0 Å². The van der Waals surface area contributed by atoms with Gasteiger partial charge < -0.3 is 14.8 Å². The van der Waals surface area contributed by atoms with Crippen LogP contribution in [0.3, 0.4) is 0 Å². The van der Waals surface area contributed by atoms with Crippen molar-refractivity contribution in [2.45, 2.75) is 45.4 Å². The fourth-order valence-corrected chi connectivity index (χ4v) is 4.91. The minimum Gasteiger partial charge on any atom is -0.508 e. The van der Waals surface area contributed by atoms with Crippen LogP contribution in [0.15, 0.2) is 42.5 Å². The first-order valence-electron chi connectivity index (χ1n) is 10.1. The number of aromatic hydroxyl groups is 1. The summed E-state index contributed by atoms with van der Waals surface area (Å²) in [5.74, 6) is 0.939. The van der Waals surface area contributed by atoms with E-state index in [9.17, 15) is 9.90 Å². The largest absolute Gasteiger partial charge is 0.508 e. The first-order chi connectivity index (χ1) is 13.0. The van der Waals surface area contributed by atoms with Crippen molar-refractivity contribution >= 4 is 12.0 Å². The highest BCUT2D eigenvalue weighted by atomic mass is 16.3. The number of hydrogen-bond acceptors (Lipinski definition) is 3. The van der Waals surface area contributed by atoms with Crippen molar-refractivity contribution in [3.63, 3.8) is 0 Å². The Morgan fingerprint density at radius 2 is 1.78 bits per heavy atom. The molecule has 0 bridgehead atoms. The Bertz CT molecular complexity index is 817. The lowest BCUT2D eigenvalue weighted by Gasteiger charge is -2.41. The normalized spacial score (nSPS) is 22.3. The van der Waals surface area contributed by atoms with Gasteiger partial charge in [-0.3, -0.25) is 0 Å². The molecule has 1 atom stereocenters. The molecule has 4 rings (SSSR count). The van der Waals surface area contributed by atoms with E-state index in [0.717, 1.165) is 45.1 Å². The number of piperidine rings is 1. The number of hydrogen-bond donors (Lipinski definition) is 1. The number of rotatable bonds is 3. The summed E-state index contributed by atoms with van der Waals surface area (Å²) in [5, 5.41) is 9.86. The smallest absolute Gasteiger partial charge is 0.123 e. The minimum atomic E-state index is 0.188. The van der Waals surface area contributed by atoms with Gasteiger partial charge in [-0.1, -0.05) is 32.0 Å². The molecule has 3 nitrogen and oxygen atoms in total. The van der Waals surface area contributed by atoms with Gasteiger partial charge in [0, 0.05) is 30.6 Å². The summed E-state index contributed by atoms with van der Waals surface area (Å²) in [6.45, 7) is 6.62. The average Bonchev–Trinajstić information content (AvgIpc) is 2.68. The molecule has 2 aliphatic rings. The maximum absolute atomic E-state index is 11.0. The summed E-state index contributed by atoms with van der Waals surface area (Å²) in [6, 6.07) is 14.9. The Labute approximate surface area is 162 Å². The number of phenolic OH excluding ortho intramolecular Hbond substituents is 1. The van der Waals surface area contributed by atoms with Gasteiger partial charge in [0.05, 0.1) is 0 Å². The van der Waals surface area contributed by atoms with E-state index < -0.39 is 0 Å². The number of aryl methyl sites for hydroxylation is 1. The lowest BCUT2D eigenvalue weighted by molar-refractivity contribution is -0.111. The third-order valence-electron chi connectivity index (χ3n) is 6.58. The first-order valence-corrected chi connectivity index (χ1v) is 10.1. The van der Waals surface area contributed by atoms with Crippen LogP contribution in [0, 0.1) is 11.3 Å². The zero-order valence-electron chi connectivity index (χ0n) is 16.3. The molecule has 1 aliphatic carbocycles. The Morgan fingerprint density at radius 3 is 2.44 bits per heavy atom. The summed E-state index contributed by atoms with van der Waals surface area (Å²) < 4.78 is 0. The predicted molar refractivity (Wildman–Crippen MR) is 109 cm³/mol. The Hall–Kier alpha value is -2.29. The second-order valence-electron chi connectivity index (χ2n) is 8.86. The summed E-state index contributed by atoms with van der Waals surface area (Å²) in [7, 11) is 0. The maximum Gasteiger partial charge on any atom is 0.123 e. The summed E-state index contributed by atoms with van der Waals surface area (Å²) in [4.78, 5) is 13.4. The van der Waals surface area contributed by atoms with Gasteiger partial charge in [-0.05, 0) is 72.1 Å². The SMILES string of the molecule is CC1(C)CCc2cc(O)ccc2[C@@H]1c1ccc(N2CCC(C=O)CC2)cc1. The van der Waals surface area contributed by atoms with E-state index in [1.54, 1.807) is 0 Å². The van der Waals surface area contributed by atoms with Crippen LogP contribution in [0.25, 0.3) is 0 Å². The standard InChI is InChI=1S/C24H29NO2/c1-24(2)12-9-19-15-21(27)7-8-22(19)23(24)18-3-5-20(6-4-18)25-13-10-17(16-26)11-14-25/h3-8,15-17,23,27H,9-14H2,1-2H3/t23-/m0/s1. The monoisotopic (exact) mass is 363 g/mol. The Kier molecular flexibility index (Phi) is 4.71. The Morgan fingerprint density at radius 1 is 1.07 bits per heavy atom. The van der Waals surface area contributed by atoms with Crippen LogP contribution in [0.4, 0.5) is 5.69 Å². The summed E-state index contributed by atoms with van der Waals surface area (Å²) in [6.07, 6.45) is 5.17. The van der Waals surface area contributed by atoms with Gasteiger partial charge in [0.1, 0.15) is 12.0 Å². The van der Waals surface area contributed by atoms with Crippen molar-refractivity contribution in [1.29, 1.82) is 0 Å². The van der Waals surface area contributed by atoms with E-state index in [-0.39, 0.29) is 11.3 Å². The lowest BCUT2D eigenvalue weighted by Crippen LogP contribution is -2.34. The molecule has 2 aromatic rings. The number of benzene rings is 2. The number of nitrogens with zero attached hydrogens (tertiary/aromatic N) is 1. The highest BCUT2D eigenvalue weighted by molar-refractivity contribution is 5.56. The molecule has 1 saturated heterocycles. The molecule has 1 N–H and O–H groups in total. The average molecular weight is 364 g/mol. The van der Waals surface area contributed by atoms with Crippen LogP contribution < -0.4 is 4.90 Å². The number of anilines is 1. The summed E-state index contributed by atoms with van der Waals surface area (Å²) >= 11 is 0. The van der Waals surface area contributed by atoms with Crippen LogP contribution in [0.2, 0.25) is 0 Å². The van der Waals surface area contributed by atoms with Gasteiger partial charge >= 0.3 is 0 Å². The van der Waals surface area contributed by atoms with Crippen LogP contribution in [-0.4, -0.2) is 24.5 Å². The molecular weight excluding hydrogens is 334 g/mol. The van der Waals surface area contributed by atoms with Crippen molar-refractivity contribution < 1.29 is 9.90 Å². The molecule has 142 valence electrons. The van der Waals surface area contributed by atoms with Crippen LogP contribution in [-0.2, 0) is 11.2 Å². The highest BCUT2D eigenvalue weighted by Crippen LogP contribution is 2.49. The summed E-state index contributed by atoms with van der Waals surface area (Å²) in [5.41, 5.74) is 5.41. The van der Waals surface area contributed by atoms with Gasteiger partial charge in [-0.2, -0.15) is 0 Å². The van der Waals surface area contributed by atoms with Gasteiger partial charge in [0.15, 0.2) is 0 Å². The van der Waals surface area contributed by atoms with Gasteiger partial charge in [0.2, 0.25) is 0 Å². The second kappa shape index (κ2) is 7.03. The highest BCUT2D eigenvalue weighted by Gasteiger charge is 2.37. The molecule has 0 radical (unpaired) electrons. The van der Waals surface area contributed by atoms with Crippen LogP contribution >= 0.6 is 0 Å². The topological polar surface area (TPSA) is 40.5 Å². The zero-order chi connectivity index (χ0) is 19.0. The molecule has 1 heterocycles. The number of carbonyl (C=O) groups is 1. The van der Waals surface area contributed by atoms with Crippen LogP contribution in [0.1, 0.15) is 55.7 Å². The molecule has 27 heavy (non-hydrogen) atoms. The second-order valence-corrected chi connectivity index (χ2v) is 8.86. The predicted octanol–water partition coefficient (Wildman–Crippen LogP) is 4.91. The van der Waals surface area contributed by atoms with E-state index in [4.69, 9.17) is 0 Å². The third-order valence-corrected chi connectivity index (χ3v) is 6.58. The zero-order valence-corrected chi connectivity index (χ0v) is 16.3. The van der Waals surface area contributed by atoms with Crippen molar-refractivity contribution in [2.24, 2.45) is 11.3 Å². The molecule has 0 amide bonds. The molecule has 0 unspecified atom stereocenters. The van der Waals surface area contributed by atoms with E-state index in [2.05, 4.69) is 49.1 Å². The lowest BCUT2D eigenvalue weighted by atomic mass is 9.63. The van der Waals surface area contributed by atoms with Crippen LogP contribution in [0.5, 0.6) is 5.75 Å². The molecule has 2 aromatic carbocycles. The fraction of sp³-hybridized carbons (Fsp3) is 0.458. The Balaban J connectivity index is 1.61. The van der Waals surface area contributed by atoms with E-state index >= 15 is 0 Å². The molecular formula is C24H29NO2. The molecule has 0 aromatic heterocycles. The van der Waals surface area contributed by atoms with Gasteiger partial charge in [-0.15, -0.1) is 0 Å². The van der Waals surface area contributed by atoms with E-state index in [1.807, 2.05) is 12.1 Å². The quantitative estimate of drug-likeness (QED) is 0.788. The maximum atomic E-state index is 11.0. The molecule has 0 spiro atoms. The number of aldehydes is 1. The van der Waals surface area contributed by atoms with Crippen molar-refractivity contribution in [2.75, 3.05) is 18.0 Å². The van der Waals surface area contributed by atoms with Gasteiger partial charge in [0.25, 0.3) is 0 Å². The molecule has 3 heteroatoms. The van der Waals surface area contributed by atoms with Crippen molar-refractivity contribution in [1.82, 2.24) is 0 Å². The number of phenols is 1. The fourth-order valence-electron chi connectivity index (χ4n) is 4.91. The molecule has 0 saturated carbocycles. The van der Waals surface area contributed by atoms with Crippen molar-refractivity contribution in [3.05, 3.63) is 59.2 Å².